The largest absolute Gasteiger partial charge is 0.355 e. The third-order valence-corrected chi connectivity index (χ3v) is 3.94. The zero-order chi connectivity index (χ0) is 13.4. The number of hydrogen-bond acceptors (Lipinski definition) is 3. The molecule has 1 atom stereocenters. The Labute approximate surface area is 111 Å². The van der Waals surface area contributed by atoms with Crippen molar-refractivity contribution in [1.82, 2.24) is 15.5 Å². The van der Waals surface area contributed by atoms with Gasteiger partial charge in [0, 0.05) is 12.6 Å². The van der Waals surface area contributed by atoms with Gasteiger partial charge in [0.2, 0.25) is 5.91 Å². The maximum atomic E-state index is 11.5. The van der Waals surface area contributed by atoms with Crippen molar-refractivity contribution in [1.29, 1.82) is 0 Å². The molecule has 0 spiro atoms. The smallest absolute Gasteiger partial charge is 0.233 e. The van der Waals surface area contributed by atoms with Crippen LogP contribution in [0.3, 0.4) is 0 Å². The summed E-state index contributed by atoms with van der Waals surface area (Å²) in [4.78, 5) is 14.0. The molecule has 18 heavy (non-hydrogen) atoms. The van der Waals surface area contributed by atoms with Gasteiger partial charge in [-0.3, -0.25) is 4.79 Å². The number of hydrogen-bond donors (Lipinski definition) is 2. The van der Waals surface area contributed by atoms with E-state index in [1.165, 1.54) is 25.9 Å². The summed E-state index contributed by atoms with van der Waals surface area (Å²) in [7, 11) is 0. The molecule has 4 nitrogen and oxygen atoms in total. The molecule has 0 aliphatic carbocycles. The van der Waals surface area contributed by atoms with Crippen molar-refractivity contribution in [2.75, 3.05) is 32.7 Å². The molecule has 1 rings (SSSR count). The maximum Gasteiger partial charge on any atom is 0.233 e. The molecule has 4 heteroatoms. The topological polar surface area (TPSA) is 44.4 Å². The van der Waals surface area contributed by atoms with Gasteiger partial charge in [-0.2, -0.15) is 0 Å². The Morgan fingerprint density at radius 1 is 1.33 bits per heavy atom. The van der Waals surface area contributed by atoms with Crippen molar-refractivity contribution in [3.63, 3.8) is 0 Å². The van der Waals surface area contributed by atoms with Crippen LogP contribution in [0.2, 0.25) is 0 Å². The van der Waals surface area contributed by atoms with Crippen LogP contribution in [0.1, 0.15) is 40.0 Å². The predicted molar refractivity (Wildman–Crippen MR) is 75.6 cm³/mol. The van der Waals surface area contributed by atoms with Gasteiger partial charge in [-0.15, -0.1) is 0 Å². The van der Waals surface area contributed by atoms with E-state index in [0.717, 1.165) is 19.5 Å². The van der Waals surface area contributed by atoms with E-state index in [0.29, 0.717) is 18.5 Å². The lowest BCUT2D eigenvalue weighted by atomic mass is 9.90. The lowest BCUT2D eigenvalue weighted by Gasteiger charge is -2.34. The number of rotatable bonds is 7. The van der Waals surface area contributed by atoms with Crippen LogP contribution < -0.4 is 10.6 Å². The van der Waals surface area contributed by atoms with Crippen LogP contribution in [-0.2, 0) is 4.79 Å². The van der Waals surface area contributed by atoms with E-state index in [1.54, 1.807) is 0 Å². The molecule has 0 saturated carbocycles. The van der Waals surface area contributed by atoms with Crippen LogP contribution in [0.4, 0.5) is 0 Å². The minimum atomic E-state index is 0.120. The van der Waals surface area contributed by atoms with Gasteiger partial charge < -0.3 is 15.5 Å². The first-order valence-electron chi connectivity index (χ1n) is 7.39. The number of carbonyl (C=O) groups is 1. The third-order valence-electron chi connectivity index (χ3n) is 3.94. The molecule has 1 saturated heterocycles. The fraction of sp³-hybridized carbons (Fsp3) is 0.929. The van der Waals surface area contributed by atoms with Gasteiger partial charge in [0.1, 0.15) is 0 Å². The number of nitrogens with zero attached hydrogens (tertiary/aromatic N) is 1. The maximum absolute atomic E-state index is 11.5. The molecule has 0 radical (unpaired) electrons. The minimum absolute atomic E-state index is 0.120. The summed E-state index contributed by atoms with van der Waals surface area (Å²) in [5.41, 5.74) is 0. The molecule has 1 amide bonds. The van der Waals surface area contributed by atoms with Crippen molar-refractivity contribution in [2.24, 2.45) is 5.92 Å². The molecular weight excluding hydrogens is 226 g/mol. The summed E-state index contributed by atoms with van der Waals surface area (Å²) in [5, 5.41) is 6.26. The molecule has 1 aliphatic rings. The highest BCUT2D eigenvalue weighted by atomic mass is 16.1. The van der Waals surface area contributed by atoms with Crippen molar-refractivity contribution in [2.45, 2.75) is 46.1 Å². The first-order chi connectivity index (χ1) is 8.67. The van der Waals surface area contributed by atoms with Gasteiger partial charge in [-0.25, -0.2) is 0 Å². The van der Waals surface area contributed by atoms with Gasteiger partial charge in [0.15, 0.2) is 0 Å². The minimum Gasteiger partial charge on any atom is -0.355 e. The normalized spacial score (nSPS) is 19.7. The van der Waals surface area contributed by atoms with Crippen molar-refractivity contribution in [3.8, 4) is 0 Å². The van der Waals surface area contributed by atoms with Crippen molar-refractivity contribution in [3.05, 3.63) is 0 Å². The second-order valence-corrected chi connectivity index (χ2v) is 5.29. The fourth-order valence-corrected chi connectivity index (χ4v) is 2.52. The van der Waals surface area contributed by atoms with E-state index in [2.05, 4.69) is 36.3 Å². The van der Waals surface area contributed by atoms with E-state index in [1.807, 2.05) is 0 Å². The molecule has 1 aliphatic heterocycles. The predicted octanol–water partition coefficient (Wildman–Crippen LogP) is 1.22. The van der Waals surface area contributed by atoms with Crippen molar-refractivity contribution >= 4 is 5.91 Å². The molecule has 1 fully saturated rings. The number of amides is 1. The first kappa shape index (κ1) is 15.4. The van der Waals surface area contributed by atoms with Gasteiger partial charge in [-0.1, -0.05) is 13.8 Å². The zero-order valence-electron chi connectivity index (χ0n) is 12.2. The number of piperidine rings is 1. The van der Waals surface area contributed by atoms with Gasteiger partial charge in [0.05, 0.1) is 6.54 Å². The summed E-state index contributed by atoms with van der Waals surface area (Å²) in [5.74, 6) is 0.835. The number of nitrogens with one attached hydrogen (secondary N) is 2. The Bertz CT molecular complexity index is 237. The molecule has 1 unspecified atom stereocenters. The quantitative estimate of drug-likeness (QED) is 0.719. The number of carbonyl (C=O) groups excluding carboxylic acids is 1. The SMILES string of the molecule is CCCNC(=O)CNC(C)C1CCN(CC)CC1. The second-order valence-electron chi connectivity index (χ2n) is 5.29. The first-order valence-corrected chi connectivity index (χ1v) is 7.39. The average Bonchev–Trinajstić information content (AvgIpc) is 2.42. The highest BCUT2D eigenvalue weighted by molar-refractivity contribution is 5.77. The standard InChI is InChI=1S/C14H29N3O/c1-4-8-15-14(18)11-16-12(3)13-6-9-17(5-2)10-7-13/h12-13,16H,4-11H2,1-3H3,(H,15,18). The summed E-state index contributed by atoms with van der Waals surface area (Å²) >= 11 is 0. The highest BCUT2D eigenvalue weighted by Gasteiger charge is 2.23. The Balaban J connectivity index is 2.17. The van der Waals surface area contributed by atoms with Crippen LogP contribution in [-0.4, -0.2) is 49.6 Å². The van der Waals surface area contributed by atoms with E-state index >= 15 is 0 Å². The summed E-state index contributed by atoms with van der Waals surface area (Å²) < 4.78 is 0. The average molecular weight is 255 g/mol. The molecule has 1 heterocycles. The molecule has 106 valence electrons. The van der Waals surface area contributed by atoms with E-state index in [9.17, 15) is 4.79 Å². The van der Waals surface area contributed by atoms with Gasteiger partial charge in [0.25, 0.3) is 0 Å². The van der Waals surface area contributed by atoms with E-state index in [4.69, 9.17) is 0 Å². The fourth-order valence-electron chi connectivity index (χ4n) is 2.52. The molecular formula is C14H29N3O. The molecule has 0 bridgehead atoms. The molecule has 0 aromatic heterocycles. The van der Waals surface area contributed by atoms with E-state index in [-0.39, 0.29) is 5.91 Å². The Kier molecular flexibility index (Phi) is 7.28. The lowest BCUT2D eigenvalue weighted by Crippen LogP contribution is -2.45. The van der Waals surface area contributed by atoms with Crippen LogP contribution in [0.5, 0.6) is 0 Å². The molecule has 2 N–H and O–H groups in total. The summed E-state index contributed by atoms with van der Waals surface area (Å²) in [6.45, 7) is 11.3. The Morgan fingerprint density at radius 2 is 2.00 bits per heavy atom. The highest BCUT2D eigenvalue weighted by Crippen LogP contribution is 2.20. The second kappa shape index (κ2) is 8.48. The number of likely N-dealkylation sites (tertiary alicyclic amines) is 1. The summed E-state index contributed by atoms with van der Waals surface area (Å²) in [6, 6.07) is 0.441. The van der Waals surface area contributed by atoms with Crippen molar-refractivity contribution < 1.29 is 4.79 Å². The third kappa shape index (κ3) is 5.36. The monoisotopic (exact) mass is 255 g/mol. The lowest BCUT2D eigenvalue weighted by molar-refractivity contribution is -0.120. The van der Waals surface area contributed by atoms with E-state index < -0.39 is 0 Å². The molecule has 0 aromatic rings. The molecule has 0 aromatic carbocycles. The Morgan fingerprint density at radius 3 is 2.56 bits per heavy atom. The van der Waals surface area contributed by atoms with Gasteiger partial charge in [-0.05, 0) is 51.7 Å². The summed E-state index contributed by atoms with van der Waals surface area (Å²) in [6.07, 6.45) is 3.49. The van der Waals surface area contributed by atoms with Crippen LogP contribution in [0.25, 0.3) is 0 Å². The zero-order valence-corrected chi connectivity index (χ0v) is 12.2. The van der Waals surface area contributed by atoms with Crippen LogP contribution in [0.15, 0.2) is 0 Å². The van der Waals surface area contributed by atoms with Gasteiger partial charge >= 0.3 is 0 Å². The van der Waals surface area contributed by atoms with Crippen LogP contribution in [0, 0.1) is 5.92 Å². The van der Waals surface area contributed by atoms with Crippen LogP contribution >= 0.6 is 0 Å². The Hall–Kier alpha value is -0.610.